The second-order valence-electron chi connectivity index (χ2n) is 8.47. The maximum atomic E-state index is 12.3. The Bertz CT molecular complexity index is 578. The van der Waals surface area contributed by atoms with Crippen molar-refractivity contribution in [2.45, 2.75) is 84.8 Å². The standard InChI is InChI=1S/C23H38O5/c1-16(2)19(5)14-21(26)18(4)8-7-12-23(15-24)22(28-23)10-9-17(3)11-13-27-20(6)25/h11,16,18,22,24H,5,7-10,12-15H2,1-4,6H3/b17-11+/t18-,22+,23-/m1/s1. The Kier molecular flexibility index (Phi) is 10.1. The van der Waals surface area contributed by atoms with E-state index in [2.05, 4.69) is 20.4 Å². The third-order valence-corrected chi connectivity index (χ3v) is 5.70. The lowest BCUT2D eigenvalue weighted by molar-refractivity contribution is -0.139. The highest BCUT2D eigenvalue weighted by Gasteiger charge is 2.54. The third kappa shape index (κ3) is 8.27. The summed E-state index contributed by atoms with van der Waals surface area (Å²) in [5.74, 6) is 0.310. The van der Waals surface area contributed by atoms with Crippen LogP contribution in [0, 0.1) is 11.8 Å². The second kappa shape index (κ2) is 11.5. The van der Waals surface area contributed by atoms with E-state index in [0.29, 0.717) is 18.9 Å². The summed E-state index contributed by atoms with van der Waals surface area (Å²) in [6.07, 6.45) is 6.55. The summed E-state index contributed by atoms with van der Waals surface area (Å²) >= 11 is 0. The minimum absolute atomic E-state index is 0.00916. The monoisotopic (exact) mass is 394 g/mol. The molecule has 0 aromatic rings. The molecular weight excluding hydrogens is 356 g/mol. The first kappa shape index (κ1) is 24.6. The maximum Gasteiger partial charge on any atom is 0.302 e. The lowest BCUT2D eigenvalue weighted by Crippen LogP contribution is -2.21. The minimum Gasteiger partial charge on any atom is -0.462 e. The van der Waals surface area contributed by atoms with Crippen molar-refractivity contribution in [3.63, 3.8) is 0 Å². The van der Waals surface area contributed by atoms with Crippen LogP contribution in [0.5, 0.6) is 0 Å². The van der Waals surface area contributed by atoms with E-state index >= 15 is 0 Å². The average Bonchev–Trinajstić information content (AvgIpc) is 3.32. The number of rotatable bonds is 14. The lowest BCUT2D eigenvalue weighted by atomic mass is 9.89. The molecule has 0 aliphatic carbocycles. The molecule has 1 fully saturated rings. The van der Waals surface area contributed by atoms with Crippen LogP contribution in [0.25, 0.3) is 0 Å². The van der Waals surface area contributed by atoms with Crippen LogP contribution >= 0.6 is 0 Å². The first-order valence-corrected chi connectivity index (χ1v) is 10.4. The first-order valence-electron chi connectivity index (χ1n) is 10.4. The smallest absolute Gasteiger partial charge is 0.302 e. The zero-order chi connectivity index (χ0) is 21.3. The minimum atomic E-state index is -0.444. The highest BCUT2D eigenvalue weighted by atomic mass is 16.6. The number of aliphatic hydroxyl groups is 1. The summed E-state index contributed by atoms with van der Waals surface area (Å²) in [7, 11) is 0. The van der Waals surface area contributed by atoms with Gasteiger partial charge in [0, 0.05) is 19.3 Å². The van der Waals surface area contributed by atoms with Gasteiger partial charge in [0.15, 0.2) is 0 Å². The van der Waals surface area contributed by atoms with Gasteiger partial charge in [0.05, 0.1) is 12.7 Å². The summed E-state index contributed by atoms with van der Waals surface area (Å²) in [6, 6.07) is 0. The fraction of sp³-hybridized carbons (Fsp3) is 0.739. The molecule has 1 saturated heterocycles. The van der Waals surface area contributed by atoms with Gasteiger partial charge in [-0.2, -0.15) is 0 Å². The van der Waals surface area contributed by atoms with Gasteiger partial charge < -0.3 is 14.6 Å². The maximum absolute atomic E-state index is 12.3. The summed E-state index contributed by atoms with van der Waals surface area (Å²) in [5, 5.41) is 9.77. The van der Waals surface area contributed by atoms with E-state index in [1.54, 1.807) is 0 Å². The molecule has 3 atom stereocenters. The average molecular weight is 395 g/mol. The molecule has 1 N–H and O–H groups in total. The summed E-state index contributed by atoms with van der Waals surface area (Å²) in [6.45, 7) is 13.8. The number of allylic oxidation sites excluding steroid dienone is 2. The van der Waals surface area contributed by atoms with E-state index in [-0.39, 0.29) is 30.4 Å². The van der Waals surface area contributed by atoms with Gasteiger partial charge in [-0.1, -0.05) is 38.5 Å². The van der Waals surface area contributed by atoms with Crippen LogP contribution in [0.1, 0.15) is 73.1 Å². The van der Waals surface area contributed by atoms with Gasteiger partial charge in [-0.25, -0.2) is 0 Å². The quantitative estimate of drug-likeness (QED) is 0.269. The van der Waals surface area contributed by atoms with Crippen molar-refractivity contribution in [3.8, 4) is 0 Å². The Morgan fingerprint density at radius 1 is 1.29 bits per heavy atom. The van der Waals surface area contributed by atoms with Crippen molar-refractivity contribution in [2.24, 2.45) is 11.8 Å². The molecule has 0 saturated carbocycles. The highest BCUT2D eigenvalue weighted by Crippen LogP contribution is 2.44. The normalized spacial score (nSPS) is 22.8. The van der Waals surface area contributed by atoms with Gasteiger partial charge in [0.2, 0.25) is 0 Å². The number of esters is 1. The molecule has 1 aliphatic heterocycles. The molecule has 0 unspecified atom stereocenters. The van der Waals surface area contributed by atoms with Gasteiger partial charge in [0.25, 0.3) is 0 Å². The third-order valence-electron chi connectivity index (χ3n) is 5.70. The fourth-order valence-electron chi connectivity index (χ4n) is 3.24. The molecule has 0 spiro atoms. The van der Waals surface area contributed by atoms with Gasteiger partial charge in [-0.05, 0) is 51.0 Å². The molecule has 1 rings (SSSR count). The van der Waals surface area contributed by atoms with Crippen molar-refractivity contribution in [3.05, 3.63) is 23.8 Å². The van der Waals surface area contributed by atoms with Crippen molar-refractivity contribution in [1.82, 2.24) is 0 Å². The Labute approximate surface area is 170 Å². The topological polar surface area (TPSA) is 76.1 Å². The van der Waals surface area contributed by atoms with Crippen LogP contribution in [0.2, 0.25) is 0 Å². The molecule has 0 aromatic heterocycles. The number of epoxide rings is 1. The molecule has 1 heterocycles. The molecular formula is C23H38O5. The van der Waals surface area contributed by atoms with Gasteiger partial charge in [-0.3, -0.25) is 9.59 Å². The summed E-state index contributed by atoms with van der Waals surface area (Å²) < 4.78 is 10.7. The largest absolute Gasteiger partial charge is 0.462 e. The Hall–Kier alpha value is -1.46. The SMILES string of the molecule is C=C(CC(=O)[C@H](C)CCC[C@]1(CO)O[C@H]1CC/C(C)=C/COC(C)=O)C(C)C. The van der Waals surface area contributed by atoms with Crippen LogP contribution in [0.15, 0.2) is 23.8 Å². The molecule has 5 nitrogen and oxygen atoms in total. The molecule has 0 aromatic carbocycles. The van der Waals surface area contributed by atoms with E-state index in [0.717, 1.165) is 43.3 Å². The van der Waals surface area contributed by atoms with E-state index in [4.69, 9.17) is 9.47 Å². The number of carbonyl (C=O) groups is 2. The lowest BCUT2D eigenvalue weighted by Gasteiger charge is -2.15. The zero-order valence-electron chi connectivity index (χ0n) is 18.3. The Morgan fingerprint density at radius 2 is 1.96 bits per heavy atom. The van der Waals surface area contributed by atoms with Gasteiger partial charge in [-0.15, -0.1) is 0 Å². The fourth-order valence-corrected chi connectivity index (χ4v) is 3.24. The first-order chi connectivity index (χ1) is 13.1. The van der Waals surface area contributed by atoms with Gasteiger partial charge in [0.1, 0.15) is 18.0 Å². The molecule has 1 aliphatic rings. The Balaban J connectivity index is 2.32. The number of Topliss-reactive ketones (excluding diaryl/α,β-unsaturated/α-hetero) is 1. The Morgan fingerprint density at radius 3 is 2.54 bits per heavy atom. The second-order valence-corrected chi connectivity index (χ2v) is 8.47. The van der Waals surface area contributed by atoms with E-state index < -0.39 is 5.60 Å². The molecule has 0 radical (unpaired) electrons. The number of hydrogen-bond acceptors (Lipinski definition) is 5. The van der Waals surface area contributed by atoms with E-state index in [1.807, 2.05) is 19.9 Å². The molecule has 5 heteroatoms. The van der Waals surface area contributed by atoms with Crippen molar-refractivity contribution in [1.29, 1.82) is 0 Å². The van der Waals surface area contributed by atoms with Crippen LogP contribution in [-0.2, 0) is 19.1 Å². The molecule has 28 heavy (non-hydrogen) atoms. The van der Waals surface area contributed by atoms with Crippen LogP contribution < -0.4 is 0 Å². The van der Waals surface area contributed by atoms with Gasteiger partial charge >= 0.3 is 5.97 Å². The molecule has 0 amide bonds. The van der Waals surface area contributed by atoms with E-state index in [9.17, 15) is 14.7 Å². The highest BCUT2D eigenvalue weighted by molar-refractivity contribution is 5.82. The summed E-state index contributed by atoms with van der Waals surface area (Å²) in [5.41, 5.74) is 1.69. The van der Waals surface area contributed by atoms with Crippen LogP contribution in [0.3, 0.4) is 0 Å². The number of hydrogen-bond donors (Lipinski definition) is 1. The molecule has 160 valence electrons. The van der Waals surface area contributed by atoms with Crippen LogP contribution in [0.4, 0.5) is 0 Å². The number of aliphatic hydroxyl groups excluding tert-OH is 1. The van der Waals surface area contributed by atoms with Crippen molar-refractivity contribution in [2.75, 3.05) is 13.2 Å². The number of ether oxygens (including phenoxy) is 2. The number of ketones is 1. The zero-order valence-corrected chi connectivity index (χ0v) is 18.3. The van der Waals surface area contributed by atoms with Crippen molar-refractivity contribution < 1.29 is 24.2 Å². The van der Waals surface area contributed by atoms with Crippen molar-refractivity contribution >= 4 is 11.8 Å². The molecule has 0 bridgehead atoms. The predicted octanol–water partition coefficient (Wildman–Crippen LogP) is 4.38. The number of carbonyl (C=O) groups excluding carboxylic acids is 2. The summed E-state index contributed by atoms with van der Waals surface area (Å²) in [4.78, 5) is 23.1. The predicted molar refractivity (Wildman–Crippen MR) is 111 cm³/mol. The van der Waals surface area contributed by atoms with Crippen LogP contribution in [-0.4, -0.2) is 41.8 Å². The van der Waals surface area contributed by atoms with E-state index in [1.165, 1.54) is 6.92 Å².